The highest BCUT2D eigenvalue weighted by atomic mass is 16.5. The number of piperazine rings is 1. The molecule has 0 aromatic heterocycles. The van der Waals surface area contributed by atoms with E-state index in [1.54, 1.807) is 24.0 Å². The van der Waals surface area contributed by atoms with Crippen LogP contribution in [-0.4, -0.2) is 46.9 Å². The first-order valence-electron chi connectivity index (χ1n) is 9.57. The zero-order valence-corrected chi connectivity index (χ0v) is 16.5. The highest BCUT2D eigenvalue weighted by molar-refractivity contribution is 5.43. The van der Waals surface area contributed by atoms with Crippen molar-refractivity contribution in [3.63, 3.8) is 0 Å². The predicted octanol–water partition coefficient (Wildman–Crippen LogP) is 0.978. The summed E-state index contributed by atoms with van der Waals surface area (Å²) >= 11 is 0. The lowest BCUT2D eigenvalue weighted by molar-refractivity contribution is -0.986. The highest BCUT2D eigenvalue weighted by Crippen LogP contribution is 2.27. The lowest BCUT2D eigenvalue weighted by Crippen LogP contribution is -3.26. The van der Waals surface area contributed by atoms with Gasteiger partial charge in [-0.15, -0.1) is 0 Å². The standard InChI is InChI=1S/C22H30N2O2/c1-17-5-7-20(15-18(17)2)24-13-11-23(12-14-24)10-9-19-6-8-21(25-3)22(16-19)26-4/h5-8,15-16H,9-14H2,1-4H3/p+2. The Balaban J connectivity index is 1.52. The Morgan fingerprint density at radius 3 is 2.19 bits per heavy atom. The minimum absolute atomic E-state index is 0.800. The molecule has 1 heterocycles. The largest absolute Gasteiger partial charge is 0.493 e. The summed E-state index contributed by atoms with van der Waals surface area (Å²) in [5.41, 5.74) is 5.55. The van der Waals surface area contributed by atoms with Gasteiger partial charge in [-0.2, -0.15) is 0 Å². The summed E-state index contributed by atoms with van der Waals surface area (Å²) < 4.78 is 10.7. The van der Waals surface area contributed by atoms with Crippen LogP contribution in [0, 0.1) is 13.8 Å². The minimum atomic E-state index is 0.800. The number of nitrogens with one attached hydrogen (secondary N) is 2. The fraction of sp³-hybridized carbons (Fsp3) is 0.455. The van der Waals surface area contributed by atoms with Gasteiger partial charge in [-0.25, -0.2) is 0 Å². The number of hydrogen-bond donors (Lipinski definition) is 2. The molecule has 26 heavy (non-hydrogen) atoms. The average molecular weight is 357 g/mol. The smallest absolute Gasteiger partial charge is 0.160 e. The molecule has 1 fully saturated rings. The summed E-state index contributed by atoms with van der Waals surface area (Å²) in [4.78, 5) is 3.33. The van der Waals surface area contributed by atoms with E-state index in [1.165, 1.54) is 55.1 Å². The molecule has 0 spiro atoms. The van der Waals surface area contributed by atoms with E-state index >= 15 is 0 Å². The predicted molar refractivity (Wildman–Crippen MR) is 105 cm³/mol. The number of hydrogen-bond acceptors (Lipinski definition) is 2. The zero-order valence-electron chi connectivity index (χ0n) is 16.5. The quantitative estimate of drug-likeness (QED) is 0.807. The number of benzene rings is 2. The Morgan fingerprint density at radius 2 is 1.54 bits per heavy atom. The van der Waals surface area contributed by atoms with Crippen LogP contribution in [0.3, 0.4) is 0 Å². The molecule has 0 saturated carbocycles. The van der Waals surface area contributed by atoms with Gasteiger partial charge in [-0.3, -0.25) is 4.90 Å². The minimum Gasteiger partial charge on any atom is -0.493 e. The Bertz CT molecular complexity index is 737. The third kappa shape index (κ3) is 4.37. The summed E-state index contributed by atoms with van der Waals surface area (Å²) in [6.07, 6.45) is 1.08. The SMILES string of the molecule is COc1ccc(CC[NH+]2CC[NH+](c3ccc(C)c(C)c3)CC2)cc1OC. The van der Waals surface area contributed by atoms with Gasteiger partial charge in [0.25, 0.3) is 0 Å². The first-order valence-corrected chi connectivity index (χ1v) is 9.57. The first-order chi connectivity index (χ1) is 12.6. The lowest BCUT2D eigenvalue weighted by Gasteiger charge is -2.29. The highest BCUT2D eigenvalue weighted by Gasteiger charge is 2.24. The van der Waals surface area contributed by atoms with Crippen LogP contribution in [0.5, 0.6) is 11.5 Å². The van der Waals surface area contributed by atoms with Crippen molar-refractivity contribution in [1.82, 2.24) is 0 Å². The molecule has 0 radical (unpaired) electrons. The van der Waals surface area contributed by atoms with E-state index < -0.39 is 0 Å². The van der Waals surface area contributed by atoms with Crippen molar-refractivity contribution >= 4 is 5.69 Å². The van der Waals surface area contributed by atoms with Gasteiger partial charge >= 0.3 is 0 Å². The van der Waals surface area contributed by atoms with Crippen molar-refractivity contribution in [3.8, 4) is 11.5 Å². The summed E-state index contributed by atoms with van der Waals surface area (Å²) in [6.45, 7) is 10.5. The summed E-state index contributed by atoms with van der Waals surface area (Å²) in [5, 5.41) is 0. The van der Waals surface area contributed by atoms with Gasteiger partial charge in [-0.1, -0.05) is 12.1 Å². The van der Waals surface area contributed by atoms with Crippen molar-refractivity contribution in [2.75, 3.05) is 46.9 Å². The van der Waals surface area contributed by atoms with E-state index in [2.05, 4.69) is 44.2 Å². The molecule has 140 valence electrons. The molecule has 2 aromatic rings. The monoisotopic (exact) mass is 356 g/mol. The maximum atomic E-state index is 5.41. The van der Waals surface area contributed by atoms with Gasteiger partial charge in [0.15, 0.2) is 11.5 Å². The maximum absolute atomic E-state index is 5.41. The van der Waals surface area contributed by atoms with E-state index in [9.17, 15) is 0 Å². The second kappa shape index (κ2) is 8.56. The second-order valence-corrected chi connectivity index (χ2v) is 7.34. The summed E-state index contributed by atoms with van der Waals surface area (Å²) in [5.74, 6) is 1.62. The van der Waals surface area contributed by atoms with Gasteiger partial charge in [-0.05, 0) is 48.7 Å². The molecule has 4 heteroatoms. The van der Waals surface area contributed by atoms with Crippen LogP contribution in [0.4, 0.5) is 5.69 Å². The maximum Gasteiger partial charge on any atom is 0.160 e. The average Bonchev–Trinajstić information content (AvgIpc) is 2.68. The fourth-order valence-electron chi connectivity index (χ4n) is 3.76. The van der Waals surface area contributed by atoms with Crippen molar-refractivity contribution < 1.29 is 19.3 Å². The van der Waals surface area contributed by atoms with Crippen LogP contribution < -0.4 is 19.3 Å². The van der Waals surface area contributed by atoms with Gasteiger partial charge in [0, 0.05) is 12.5 Å². The van der Waals surface area contributed by atoms with E-state index in [4.69, 9.17) is 9.47 Å². The van der Waals surface area contributed by atoms with Crippen LogP contribution in [0.15, 0.2) is 36.4 Å². The molecule has 0 amide bonds. The lowest BCUT2D eigenvalue weighted by atomic mass is 10.1. The van der Waals surface area contributed by atoms with Crippen LogP contribution in [0.25, 0.3) is 0 Å². The van der Waals surface area contributed by atoms with E-state index in [1.807, 2.05) is 6.07 Å². The Labute approximate surface area is 157 Å². The second-order valence-electron chi connectivity index (χ2n) is 7.34. The van der Waals surface area contributed by atoms with Crippen molar-refractivity contribution in [1.29, 1.82) is 0 Å². The van der Waals surface area contributed by atoms with Gasteiger partial charge in [0.1, 0.15) is 31.9 Å². The van der Waals surface area contributed by atoms with Crippen molar-refractivity contribution in [2.45, 2.75) is 20.3 Å². The molecule has 2 aromatic carbocycles. The van der Waals surface area contributed by atoms with Crippen LogP contribution in [0.2, 0.25) is 0 Å². The third-order valence-electron chi connectivity index (χ3n) is 5.69. The fourth-order valence-corrected chi connectivity index (χ4v) is 3.76. The van der Waals surface area contributed by atoms with E-state index in [-0.39, 0.29) is 0 Å². The molecule has 2 N–H and O–H groups in total. The van der Waals surface area contributed by atoms with Gasteiger partial charge < -0.3 is 14.4 Å². The summed E-state index contributed by atoms with van der Waals surface area (Å²) in [6, 6.07) is 13.2. The molecule has 1 aliphatic heterocycles. The van der Waals surface area contributed by atoms with Gasteiger partial charge in [0.05, 0.1) is 20.8 Å². The normalized spacial score (nSPS) is 20.0. The number of ether oxygens (including phenoxy) is 2. The molecule has 4 nitrogen and oxygen atoms in total. The molecular formula is C22H32N2O2+2. The molecule has 1 saturated heterocycles. The van der Waals surface area contributed by atoms with Crippen LogP contribution >= 0.6 is 0 Å². The summed E-state index contributed by atoms with van der Waals surface area (Å²) in [7, 11) is 3.38. The van der Waals surface area contributed by atoms with E-state index in [0.29, 0.717) is 0 Å². The van der Waals surface area contributed by atoms with Gasteiger partial charge in [0.2, 0.25) is 0 Å². The number of quaternary nitrogens is 2. The molecule has 1 aliphatic rings. The molecule has 3 rings (SSSR count). The zero-order chi connectivity index (χ0) is 18.5. The van der Waals surface area contributed by atoms with Crippen LogP contribution in [0.1, 0.15) is 16.7 Å². The third-order valence-corrected chi connectivity index (χ3v) is 5.69. The molecule has 0 bridgehead atoms. The van der Waals surface area contributed by atoms with E-state index in [0.717, 1.165) is 17.9 Å². The van der Waals surface area contributed by atoms with Crippen LogP contribution in [-0.2, 0) is 6.42 Å². The topological polar surface area (TPSA) is 27.3 Å². The number of aryl methyl sites for hydroxylation is 2. The molecule has 0 unspecified atom stereocenters. The van der Waals surface area contributed by atoms with Crippen molar-refractivity contribution in [3.05, 3.63) is 53.1 Å². The molecule has 0 atom stereocenters. The number of methoxy groups -OCH3 is 2. The first kappa shape index (κ1) is 18.7. The number of rotatable bonds is 6. The van der Waals surface area contributed by atoms with Crippen molar-refractivity contribution in [2.24, 2.45) is 0 Å². The Hall–Kier alpha value is -2.04. The Kier molecular flexibility index (Phi) is 6.17. The molecular weight excluding hydrogens is 324 g/mol. The molecule has 0 aliphatic carbocycles. The Morgan fingerprint density at radius 1 is 0.808 bits per heavy atom.